The number of benzene rings is 1. The van der Waals surface area contributed by atoms with Gasteiger partial charge < -0.3 is 4.74 Å². The highest BCUT2D eigenvalue weighted by Crippen LogP contribution is 2.26. The van der Waals surface area contributed by atoms with Gasteiger partial charge in [-0.2, -0.15) is 5.26 Å². The second kappa shape index (κ2) is 7.91. The van der Waals surface area contributed by atoms with Crippen molar-refractivity contribution in [2.45, 2.75) is 32.6 Å². The van der Waals surface area contributed by atoms with Gasteiger partial charge in [0.25, 0.3) is 0 Å². The number of rotatable bonds is 8. The van der Waals surface area contributed by atoms with Crippen molar-refractivity contribution < 1.29 is 4.74 Å². The van der Waals surface area contributed by atoms with E-state index in [9.17, 15) is 0 Å². The normalized spacial score (nSPS) is 14.8. The summed E-state index contributed by atoms with van der Waals surface area (Å²) in [6.45, 7) is 6.27. The molecule has 0 saturated heterocycles. The van der Waals surface area contributed by atoms with Gasteiger partial charge in [0.05, 0.1) is 12.5 Å². The highest BCUT2D eigenvalue weighted by Gasteiger charge is 2.19. The summed E-state index contributed by atoms with van der Waals surface area (Å²) in [5.41, 5.74) is 1.04. The van der Waals surface area contributed by atoms with Crippen molar-refractivity contribution in [1.82, 2.24) is 4.90 Å². The minimum atomic E-state index is 0.464. The van der Waals surface area contributed by atoms with Gasteiger partial charge in [-0.25, -0.2) is 0 Å². The summed E-state index contributed by atoms with van der Waals surface area (Å²) in [4.78, 5) is 2.48. The zero-order chi connectivity index (χ0) is 14.2. The van der Waals surface area contributed by atoms with Gasteiger partial charge in [-0.3, -0.25) is 4.90 Å². The lowest BCUT2D eigenvalue weighted by molar-refractivity contribution is 0.158. The molecule has 0 unspecified atom stereocenters. The van der Waals surface area contributed by atoms with Gasteiger partial charge in [-0.05, 0) is 43.0 Å². The SMILES string of the molecule is CCN(CCOc1ccc(CC#N)cc1)CC1CCC1. The highest BCUT2D eigenvalue weighted by molar-refractivity contribution is 5.28. The summed E-state index contributed by atoms with van der Waals surface area (Å²) in [5.74, 6) is 1.81. The van der Waals surface area contributed by atoms with Crippen LogP contribution in [0.2, 0.25) is 0 Å². The number of hydrogen-bond acceptors (Lipinski definition) is 3. The molecule has 3 nitrogen and oxygen atoms in total. The Kier molecular flexibility index (Phi) is 5.88. The molecule has 1 aliphatic rings. The molecular weight excluding hydrogens is 248 g/mol. The predicted molar refractivity (Wildman–Crippen MR) is 80.7 cm³/mol. The third-order valence-electron chi connectivity index (χ3n) is 4.07. The Bertz CT molecular complexity index is 431. The first-order chi connectivity index (χ1) is 9.81. The standard InChI is InChI=1S/C17H24N2O/c1-2-19(14-16-4-3-5-16)12-13-20-17-8-6-15(7-9-17)10-11-18/h6-9,16H,2-5,10,12-14H2,1H3. The summed E-state index contributed by atoms with van der Waals surface area (Å²) in [6.07, 6.45) is 4.68. The maximum atomic E-state index is 8.63. The Morgan fingerprint density at radius 3 is 2.60 bits per heavy atom. The number of nitriles is 1. The van der Waals surface area contributed by atoms with Crippen LogP contribution in [0, 0.1) is 17.2 Å². The van der Waals surface area contributed by atoms with Crippen molar-refractivity contribution >= 4 is 0 Å². The van der Waals surface area contributed by atoms with Crippen LogP contribution in [0.1, 0.15) is 31.7 Å². The van der Waals surface area contributed by atoms with E-state index >= 15 is 0 Å². The molecule has 0 atom stereocenters. The summed E-state index contributed by atoms with van der Waals surface area (Å²) in [7, 11) is 0. The van der Waals surface area contributed by atoms with Crippen LogP contribution in [-0.4, -0.2) is 31.1 Å². The molecule has 1 aromatic rings. The molecule has 0 bridgehead atoms. The van der Waals surface area contributed by atoms with E-state index in [2.05, 4.69) is 17.9 Å². The topological polar surface area (TPSA) is 36.3 Å². The highest BCUT2D eigenvalue weighted by atomic mass is 16.5. The molecular formula is C17H24N2O. The van der Waals surface area contributed by atoms with Crippen molar-refractivity contribution in [1.29, 1.82) is 5.26 Å². The van der Waals surface area contributed by atoms with E-state index in [0.29, 0.717) is 6.42 Å². The van der Waals surface area contributed by atoms with Crippen LogP contribution in [0.25, 0.3) is 0 Å². The van der Waals surface area contributed by atoms with Gasteiger partial charge >= 0.3 is 0 Å². The Balaban J connectivity index is 1.69. The fourth-order valence-corrected chi connectivity index (χ4v) is 2.51. The Hall–Kier alpha value is -1.53. The van der Waals surface area contributed by atoms with Crippen LogP contribution in [0.5, 0.6) is 5.75 Å². The lowest BCUT2D eigenvalue weighted by atomic mass is 9.85. The monoisotopic (exact) mass is 272 g/mol. The second-order valence-electron chi connectivity index (χ2n) is 5.52. The molecule has 1 saturated carbocycles. The van der Waals surface area contributed by atoms with E-state index in [-0.39, 0.29) is 0 Å². The molecule has 0 radical (unpaired) electrons. The summed E-state index contributed by atoms with van der Waals surface area (Å²) >= 11 is 0. The molecule has 0 spiro atoms. The van der Waals surface area contributed by atoms with Crippen LogP contribution in [0.3, 0.4) is 0 Å². The van der Waals surface area contributed by atoms with Gasteiger partial charge in [0.2, 0.25) is 0 Å². The first-order valence-electron chi connectivity index (χ1n) is 7.63. The van der Waals surface area contributed by atoms with Gasteiger partial charge in [0.15, 0.2) is 0 Å². The largest absolute Gasteiger partial charge is 0.492 e. The zero-order valence-electron chi connectivity index (χ0n) is 12.3. The first kappa shape index (κ1) is 14.9. The molecule has 0 aromatic heterocycles. The molecule has 1 fully saturated rings. The van der Waals surface area contributed by atoms with E-state index < -0.39 is 0 Å². The van der Waals surface area contributed by atoms with E-state index in [1.54, 1.807) is 0 Å². The average molecular weight is 272 g/mol. The molecule has 1 aromatic carbocycles. The van der Waals surface area contributed by atoms with Crippen LogP contribution in [0.15, 0.2) is 24.3 Å². The third kappa shape index (κ3) is 4.54. The Morgan fingerprint density at radius 2 is 2.05 bits per heavy atom. The second-order valence-corrected chi connectivity index (χ2v) is 5.52. The summed E-state index contributed by atoms with van der Waals surface area (Å²) < 4.78 is 5.78. The average Bonchev–Trinajstić information content (AvgIpc) is 2.43. The Morgan fingerprint density at radius 1 is 1.30 bits per heavy atom. The minimum Gasteiger partial charge on any atom is -0.492 e. The zero-order valence-corrected chi connectivity index (χ0v) is 12.3. The predicted octanol–water partition coefficient (Wildman–Crippen LogP) is 3.25. The smallest absolute Gasteiger partial charge is 0.119 e. The number of hydrogen-bond donors (Lipinski definition) is 0. The maximum Gasteiger partial charge on any atom is 0.119 e. The maximum absolute atomic E-state index is 8.63. The van der Waals surface area contributed by atoms with E-state index in [1.165, 1.54) is 25.8 Å². The Labute approximate surface area is 122 Å². The molecule has 0 heterocycles. The van der Waals surface area contributed by atoms with Gasteiger partial charge in [0.1, 0.15) is 12.4 Å². The molecule has 20 heavy (non-hydrogen) atoms. The van der Waals surface area contributed by atoms with Crippen LogP contribution >= 0.6 is 0 Å². The molecule has 1 aliphatic carbocycles. The number of ether oxygens (including phenoxy) is 1. The van der Waals surface area contributed by atoms with Crippen LogP contribution < -0.4 is 4.74 Å². The van der Waals surface area contributed by atoms with E-state index in [4.69, 9.17) is 10.00 Å². The van der Waals surface area contributed by atoms with Crippen LogP contribution in [-0.2, 0) is 6.42 Å². The van der Waals surface area contributed by atoms with Crippen molar-refractivity contribution in [2.75, 3.05) is 26.2 Å². The van der Waals surface area contributed by atoms with Crippen molar-refractivity contribution in [3.63, 3.8) is 0 Å². The quantitative estimate of drug-likeness (QED) is 0.729. The molecule has 0 N–H and O–H groups in total. The van der Waals surface area contributed by atoms with Gasteiger partial charge in [-0.15, -0.1) is 0 Å². The summed E-state index contributed by atoms with van der Waals surface area (Å²) in [5, 5.41) is 8.63. The first-order valence-corrected chi connectivity index (χ1v) is 7.63. The van der Waals surface area contributed by atoms with Crippen molar-refractivity contribution in [3.05, 3.63) is 29.8 Å². The van der Waals surface area contributed by atoms with Crippen molar-refractivity contribution in [3.8, 4) is 11.8 Å². The molecule has 3 heteroatoms. The number of nitrogens with zero attached hydrogens (tertiary/aromatic N) is 2. The molecule has 2 rings (SSSR count). The molecule has 0 aliphatic heterocycles. The minimum absolute atomic E-state index is 0.464. The summed E-state index contributed by atoms with van der Waals surface area (Å²) in [6, 6.07) is 9.98. The molecule has 108 valence electrons. The van der Waals surface area contributed by atoms with Crippen molar-refractivity contribution in [2.24, 2.45) is 5.92 Å². The van der Waals surface area contributed by atoms with Crippen LogP contribution in [0.4, 0.5) is 0 Å². The molecule has 0 amide bonds. The van der Waals surface area contributed by atoms with E-state index in [0.717, 1.165) is 36.9 Å². The number of likely N-dealkylation sites (N-methyl/N-ethyl adjacent to an activating group) is 1. The van der Waals surface area contributed by atoms with Gasteiger partial charge in [0, 0.05) is 13.1 Å². The van der Waals surface area contributed by atoms with Gasteiger partial charge in [-0.1, -0.05) is 25.5 Å². The van der Waals surface area contributed by atoms with E-state index in [1.807, 2.05) is 24.3 Å². The lowest BCUT2D eigenvalue weighted by Crippen LogP contribution is -2.35. The third-order valence-corrected chi connectivity index (χ3v) is 4.07. The lowest BCUT2D eigenvalue weighted by Gasteiger charge is -2.31. The fraction of sp³-hybridized carbons (Fsp3) is 0.588. The fourth-order valence-electron chi connectivity index (χ4n) is 2.51.